The van der Waals surface area contributed by atoms with Crippen LogP contribution in [0.15, 0.2) is 59.6 Å². The van der Waals surface area contributed by atoms with E-state index in [0.29, 0.717) is 29.6 Å². The van der Waals surface area contributed by atoms with Crippen molar-refractivity contribution < 1.29 is 22.7 Å². The average Bonchev–Trinajstić information content (AvgIpc) is 2.80. The molecule has 33 heavy (non-hydrogen) atoms. The highest BCUT2D eigenvalue weighted by molar-refractivity contribution is 7.92. The number of nitrogens with zero attached hydrogens (tertiary/aromatic N) is 2. The molecule has 0 saturated carbocycles. The number of carbonyl (C=O) groups is 1. The Balaban J connectivity index is 1.50. The average molecular weight is 468 g/mol. The summed E-state index contributed by atoms with van der Waals surface area (Å²) < 4.78 is 39.5. The minimum absolute atomic E-state index is 0.0543. The molecule has 0 atom stereocenters. The number of aromatic nitrogens is 1. The van der Waals surface area contributed by atoms with Gasteiger partial charge in [0.1, 0.15) is 0 Å². The second kappa shape index (κ2) is 9.11. The summed E-state index contributed by atoms with van der Waals surface area (Å²) in [4.78, 5) is 17.9. The molecule has 0 saturated heterocycles. The highest BCUT2D eigenvalue weighted by Crippen LogP contribution is 2.32. The first-order valence-electron chi connectivity index (χ1n) is 10.5. The molecule has 0 bridgehead atoms. The highest BCUT2D eigenvalue weighted by atomic mass is 32.2. The van der Waals surface area contributed by atoms with Crippen LogP contribution < -0.4 is 19.1 Å². The Morgan fingerprint density at radius 1 is 1.09 bits per heavy atom. The van der Waals surface area contributed by atoms with E-state index in [2.05, 4.69) is 9.71 Å². The van der Waals surface area contributed by atoms with Gasteiger partial charge in [-0.2, -0.15) is 0 Å². The first-order chi connectivity index (χ1) is 15.8. The quantitative estimate of drug-likeness (QED) is 0.581. The summed E-state index contributed by atoms with van der Waals surface area (Å²) in [5.41, 5.74) is 2.95. The van der Waals surface area contributed by atoms with Gasteiger partial charge >= 0.3 is 0 Å². The maximum atomic E-state index is 12.9. The lowest BCUT2D eigenvalue weighted by Crippen LogP contribution is -2.33. The predicted molar refractivity (Wildman–Crippen MR) is 126 cm³/mol. The van der Waals surface area contributed by atoms with Crippen LogP contribution in [0.25, 0.3) is 0 Å². The van der Waals surface area contributed by atoms with Gasteiger partial charge in [-0.15, -0.1) is 0 Å². The van der Waals surface area contributed by atoms with Crippen LogP contribution in [0.1, 0.15) is 24.5 Å². The molecule has 0 unspecified atom stereocenters. The number of amides is 1. The number of hydrogen-bond donors (Lipinski definition) is 1. The molecular weight excluding hydrogens is 442 g/mol. The number of fused-ring (bicyclic) bond motifs is 1. The standard InChI is InChI=1S/C24H25N3O5S/c1-16-6-10-22(23(13-16)31-3)32-24-11-7-19(15-25-24)26-33(29,30)20-8-9-21-18(14-20)5-4-12-27(21)17(2)28/h6-11,13-15,26H,4-5,12H2,1-3H3. The smallest absolute Gasteiger partial charge is 0.261 e. The van der Waals surface area contributed by atoms with Crippen molar-refractivity contribution in [3.05, 3.63) is 65.9 Å². The van der Waals surface area contributed by atoms with Crippen molar-refractivity contribution in [3.63, 3.8) is 0 Å². The third-order valence-corrected chi connectivity index (χ3v) is 6.76. The molecule has 1 aromatic heterocycles. The lowest BCUT2D eigenvalue weighted by molar-refractivity contribution is -0.116. The molecule has 2 aromatic carbocycles. The van der Waals surface area contributed by atoms with E-state index in [9.17, 15) is 13.2 Å². The predicted octanol–water partition coefficient (Wildman–Crippen LogP) is 4.29. The molecule has 2 heterocycles. The van der Waals surface area contributed by atoms with E-state index < -0.39 is 10.0 Å². The Morgan fingerprint density at radius 2 is 1.91 bits per heavy atom. The van der Waals surface area contributed by atoms with Crippen molar-refractivity contribution in [3.8, 4) is 17.4 Å². The number of anilines is 2. The van der Waals surface area contributed by atoms with E-state index in [4.69, 9.17) is 9.47 Å². The fourth-order valence-electron chi connectivity index (χ4n) is 3.75. The van der Waals surface area contributed by atoms with Crippen LogP contribution in [-0.2, 0) is 21.2 Å². The summed E-state index contributed by atoms with van der Waals surface area (Å²) in [6.45, 7) is 4.10. The lowest BCUT2D eigenvalue weighted by Gasteiger charge is -2.28. The monoisotopic (exact) mass is 467 g/mol. The third-order valence-electron chi connectivity index (χ3n) is 5.38. The van der Waals surface area contributed by atoms with Gasteiger partial charge < -0.3 is 14.4 Å². The molecule has 9 heteroatoms. The number of carbonyl (C=O) groups excluding carboxylic acids is 1. The first-order valence-corrected chi connectivity index (χ1v) is 12.0. The molecule has 1 N–H and O–H groups in total. The number of ether oxygens (including phenoxy) is 2. The summed E-state index contributed by atoms with van der Waals surface area (Å²) in [6, 6.07) is 13.5. The number of methoxy groups -OCH3 is 1. The second-order valence-corrected chi connectivity index (χ2v) is 9.49. The lowest BCUT2D eigenvalue weighted by atomic mass is 10.0. The fourth-order valence-corrected chi connectivity index (χ4v) is 4.85. The maximum absolute atomic E-state index is 12.9. The number of rotatable bonds is 6. The molecule has 8 nitrogen and oxygen atoms in total. The van der Waals surface area contributed by atoms with Crippen LogP contribution in [-0.4, -0.2) is 33.0 Å². The van der Waals surface area contributed by atoms with Gasteiger partial charge in [-0.1, -0.05) is 6.07 Å². The highest BCUT2D eigenvalue weighted by Gasteiger charge is 2.23. The zero-order valence-corrected chi connectivity index (χ0v) is 19.5. The van der Waals surface area contributed by atoms with Gasteiger partial charge in [-0.05, 0) is 67.3 Å². The Kier molecular flexibility index (Phi) is 6.24. The molecule has 1 aliphatic heterocycles. The molecule has 1 aliphatic rings. The summed E-state index contributed by atoms with van der Waals surface area (Å²) in [6.07, 6.45) is 2.91. The SMILES string of the molecule is COc1cc(C)ccc1Oc1ccc(NS(=O)(=O)c2ccc3c(c2)CCCN3C(C)=O)cn1. The van der Waals surface area contributed by atoms with Crippen molar-refractivity contribution in [2.45, 2.75) is 31.6 Å². The number of sulfonamides is 1. The van der Waals surface area contributed by atoms with Gasteiger partial charge in [0, 0.05) is 25.2 Å². The Labute approximate surface area is 193 Å². The van der Waals surface area contributed by atoms with Crippen molar-refractivity contribution in [1.29, 1.82) is 0 Å². The van der Waals surface area contributed by atoms with Crippen molar-refractivity contribution >= 4 is 27.3 Å². The minimum atomic E-state index is -3.83. The molecule has 0 radical (unpaired) electrons. The van der Waals surface area contributed by atoms with Crippen LogP contribution >= 0.6 is 0 Å². The summed E-state index contributed by atoms with van der Waals surface area (Å²) in [7, 11) is -2.27. The number of hydrogen-bond acceptors (Lipinski definition) is 6. The number of aryl methyl sites for hydroxylation is 2. The molecule has 4 rings (SSSR count). The maximum Gasteiger partial charge on any atom is 0.261 e. The van der Waals surface area contributed by atoms with E-state index in [-0.39, 0.29) is 10.8 Å². The van der Waals surface area contributed by atoms with Crippen molar-refractivity contribution in [2.24, 2.45) is 0 Å². The Morgan fingerprint density at radius 3 is 2.61 bits per heavy atom. The van der Waals surface area contributed by atoms with Gasteiger partial charge in [0.25, 0.3) is 10.0 Å². The molecule has 0 fully saturated rings. The van der Waals surface area contributed by atoms with Crippen LogP contribution in [0.3, 0.4) is 0 Å². The molecule has 0 aliphatic carbocycles. The largest absolute Gasteiger partial charge is 0.493 e. The summed E-state index contributed by atoms with van der Waals surface area (Å²) in [5.74, 6) is 1.34. The van der Waals surface area contributed by atoms with Gasteiger partial charge in [0.15, 0.2) is 11.5 Å². The van der Waals surface area contributed by atoms with E-state index in [1.165, 1.54) is 19.2 Å². The van der Waals surface area contributed by atoms with E-state index in [0.717, 1.165) is 29.7 Å². The van der Waals surface area contributed by atoms with Crippen molar-refractivity contribution in [2.75, 3.05) is 23.3 Å². The number of benzene rings is 2. The number of nitrogens with one attached hydrogen (secondary N) is 1. The summed E-state index contributed by atoms with van der Waals surface area (Å²) >= 11 is 0. The van der Waals surface area contributed by atoms with Gasteiger partial charge in [-0.25, -0.2) is 13.4 Å². The molecular formula is C24H25N3O5S. The number of pyridine rings is 1. The van der Waals surface area contributed by atoms with Crippen LogP contribution in [0.2, 0.25) is 0 Å². The first kappa shape index (κ1) is 22.6. The molecule has 172 valence electrons. The third kappa shape index (κ3) is 4.93. The molecule has 3 aromatic rings. The van der Waals surface area contributed by atoms with E-state index >= 15 is 0 Å². The van der Waals surface area contributed by atoms with Crippen molar-refractivity contribution in [1.82, 2.24) is 4.98 Å². The van der Waals surface area contributed by atoms with E-state index in [1.54, 1.807) is 42.3 Å². The molecule has 0 spiro atoms. The van der Waals surface area contributed by atoms with Gasteiger partial charge in [0.05, 0.1) is 23.9 Å². The van der Waals surface area contributed by atoms with Crippen LogP contribution in [0.4, 0.5) is 11.4 Å². The van der Waals surface area contributed by atoms with Crippen LogP contribution in [0, 0.1) is 6.92 Å². The Bertz CT molecular complexity index is 1290. The second-order valence-electron chi connectivity index (χ2n) is 7.81. The van der Waals surface area contributed by atoms with Gasteiger partial charge in [0.2, 0.25) is 11.8 Å². The zero-order chi connectivity index (χ0) is 23.6. The summed E-state index contributed by atoms with van der Waals surface area (Å²) in [5, 5.41) is 0. The minimum Gasteiger partial charge on any atom is -0.493 e. The molecule has 1 amide bonds. The van der Waals surface area contributed by atoms with Gasteiger partial charge in [-0.3, -0.25) is 9.52 Å². The fraction of sp³-hybridized carbons (Fsp3) is 0.250. The topological polar surface area (TPSA) is 97.8 Å². The Hall–Kier alpha value is -3.59. The van der Waals surface area contributed by atoms with E-state index in [1.807, 2.05) is 19.1 Å². The zero-order valence-electron chi connectivity index (χ0n) is 18.7. The van der Waals surface area contributed by atoms with Crippen LogP contribution in [0.5, 0.6) is 17.4 Å². The normalized spacial score (nSPS) is 13.2.